The Morgan fingerprint density at radius 1 is 1.32 bits per heavy atom. The van der Waals surface area contributed by atoms with Gasteiger partial charge in [-0.1, -0.05) is 13.0 Å². The number of allylic oxidation sites excluding steroid dienone is 2. The third-order valence-electron chi connectivity index (χ3n) is 4.41. The summed E-state index contributed by atoms with van der Waals surface area (Å²) in [6.45, 7) is 2.09. The first-order valence-corrected chi connectivity index (χ1v) is 7.95. The lowest BCUT2D eigenvalue weighted by molar-refractivity contribution is -0.117. The van der Waals surface area contributed by atoms with Gasteiger partial charge in [0.05, 0.1) is 5.57 Å². The molecule has 1 aromatic carbocycles. The quantitative estimate of drug-likeness (QED) is 0.798. The molecule has 100 valence electrons. The van der Waals surface area contributed by atoms with Crippen molar-refractivity contribution in [2.75, 3.05) is 0 Å². The summed E-state index contributed by atoms with van der Waals surface area (Å²) in [4.78, 5) is 12.6. The van der Waals surface area contributed by atoms with Gasteiger partial charge in [0.15, 0.2) is 5.78 Å². The van der Waals surface area contributed by atoms with Crippen LogP contribution in [0.3, 0.4) is 0 Å². The lowest BCUT2D eigenvalue weighted by atomic mass is 9.82. The van der Waals surface area contributed by atoms with E-state index in [1.165, 1.54) is 0 Å². The van der Waals surface area contributed by atoms with Crippen molar-refractivity contribution in [3.05, 3.63) is 38.7 Å². The number of ketones is 1. The number of Topliss-reactive ketones (excluding diaryl/α,β-unsaturated/α-hetero) is 1. The fraction of sp³-hybridized carbons (Fsp3) is 0.438. The van der Waals surface area contributed by atoms with Crippen molar-refractivity contribution in [3.8, 4) is 0 Å². The molecule has 0 unspecified atom stereocenters. The van der Waals surface area contributed by atoms with Crippen LogP contribution in [0.4, 0.5) is 0 Å². The van der Waals surface area contributed by atoms with Crippen molar-refractivity contribution < 1.29 is 9.90 Å². The minimum atomic E-state index is 0.137. The molecule has 1 N–H and O–H groups in total. The highest BCUT2D eigenvalue weighted by atomic mass is 127. The summed E-state index contributed by atoms with van der Waals surface area (Å²) in [6, 6.07) is 6.16. The van der Waals surface area contributed by atoms with Gasteiger partial charge in [-0.3, -0.25) is 4.79 Å². The van der Waals surface area contributed by atoms with E-state index in [1.54, 1.807) is 0 Å². The van der Waals surface area contributed by atoms with Crippen LogP contribution in [-0.2, 0) is 11.2 Å². The predicted octanol–water partition coefficient (Wildman–Crippen LogP) is 4.12. The van der Waals surface area contributed by atoms with E-state index in [0.717, 1.165) is 40.4 Å². The molecule has 0 radical (unpaired) electrons. The minimum absolute atomic E-state index is 0.137. The molecule has 1 fully saturated rings. The molecule has 2 aliphatic rings. The fourth-order valence-corrected chi connectivity index (χ4v) is 3.85. The number of aryl methyl sites for hydroxylation is 1. The molecular formula is C16H17IO2. The highest BCUT2D eigenvalue weighted by Crippen LogP contribution is 2.45. The highest BCUT2D eigenvalue weighted by molar-refractivity contribution is 14.1. The number of carbonyl (C=O) groups excluding carboxylic acids is 1. The van der Waals surface area contributed by atoms with Gasteiger partial charge in [-0.05, 0) is 71.5 Å². The largest absolute Gasteiger partial charge is 0.511 e. The van der Waals surface area contributed by atoms with Crippen LogP contribution in [0.5, 0.6) is 0 Å². The summed E-state index contributed by atoms with van der Waals surface area (Å²) in [7, 11) is 0. The van der Waals surface area contributed by atoms with Gasteiger partial charge in [0.1, 0.15) is 5.76 Å². The molecule has 2 bridgehead atoms. The lowest BCUT2D eigenvalue weighted by Gasteiger charge is -2.23. The van der Waals surface area contributed by atoms with Gasteiger partial charge < -0.3 is 5.11 Å². The highest BCUT2D eigenvalue weighted by Gasteiger charge is 2.41. The number of benzene rings is 1. The Balaban J connectivity index is 2.18. The van der Waals surface area contributed by atoms with E-state index < -0.39 is 0 Å². The number of halogens is 1. The van der Waals surface area contributed by atoms with Crippen LogP contribution in [0.2, 0.25) is 0 Å². The summed E-state index contributed by atoms with van der Waals surface area (Å²) >= 11 is 2.26. The zero-order valence-electron chi connectivity index (χ0n) is 10.9. The van der Waals surface area contributed by atoms with E-state index in [4.69, 9.17) is 0 Å². The first kappa shape index (κ1) is 13.2. The number of aliphatic hydroxyl groups excluding tert-OH is 1. The van der Waals surface area contributed by atoms with Gasteiger partial charge in [-0.25, -0.2) is 0 Å². The summed E-state index contributed by atoms with van der Waals surface area (Å²) in [6.07, 6.45) is 3.62. The van der Waals surface area contributed by atoms with E-state index in [1.807, 2.05) is 6.07 Å². The van der Waals surface area contributed by atoms with Crippen LogP contribution in [-0.4, -0.2) is 10.9 Å². The SMILES string of the molecule is CCc1ccc(I)cc1C1=C(O)[C@@H]2CC[C@@H](C2)C1=O. The van der Waals surface area contributed by atoms with Crippen LogP contribution >= 0.6 is 22.6 Å². The first-order valence-electron chi connectivity index (χ1n) is 6.88. The van der Waals surface area contributed by atoms with E-state index in [-0.39, 0.29) is 17.6 Å². The fourth-order valence-electron chi connectivity index (χ4n) is 3.36. The van der Waals surface area contributed by atoms with Gasteiger partial charge in [-0.2, -0.15) is 0 Å². The maximum absolute atomic E-state index is 12.6. The lowest BCUT2D eigenvalue weighted by Crippen LogP contribution is -2.22. The van der Waals surface area contributed by atoms with Crippen molar-refractivity contribution in [2.45, 2.75) is 32.6 Å². The zero-order valence-corrected chi connectivity index (χ0v) is 13.1. The molecule has 0 spiro atoms. The number of hydrogen-bond donors (Lipinski definition) is 1. The number of carbonyl (C=O) groups is 1. The Labute approximate surface area is 127 Å². The molecule has 0 aromatic heterocycles. The summed E-state index contributed by atoms with van der Waals surface area (Å²) in [5.74, 6) is 0.845. The van der Waals surface area contributed by atoms with Gasteiger partial charge >= 0.3 is 0 Å². The van der Waals surface area contributed by atoms with Crippen LogP contribution in [0.25, 0.3) is 5.57 Å². The Morgan fingerprint density at radius 2 is 2.05 bits per heavy atom. The molecular weight excluding hydrogens is 351 g/mol. The maximum Gasteiger partial charge on any atom is 0.169 e. The molecule has 0 aliphatic heterocycles. The number of rotatable bonds is 2. The maximum atomic E-state index is 12.6. The Morgan fingerprint density at radius 3 is 2.79 bits per heavy atom. The van der Waals surface area contributed by atoms with Gasteiger partial charge in [0.2, 0.25) is 0 Å². The smallest absolute Gasteiger partial charge is 0.169 e. The van der Waals surface area contributed by atoms with Crippen LogP contribution in [0.1, 0.15) is 37.3 Å². The standard InChI is InChI=1S/C16H17IO2/c1-2-9-5-6-12(17)8-13(9)14-15(18)10-3-4-11(7-10)16(14)19/h5-6,8,10-11,18H,2-4,7H2,1H3/t10-,11+/m1/s1. The van der Waals surface area contributed by atoms with Crippen LogP contribution < -0.4 is 0 Å². The summed E-state index contributed by atoms with van der Waals surface area (Å²) < 4.78 is 1.11. The molecule has 0 saturated heterocycles. The second kappa shape index (κ2) is 4.93. The van der Waals surface area contributed by atoms with E-state index in [9.17, 15) is 9.90 Å². The van der Waals surface area contributed by atoms with Crippen molar-refractivity contribution in [1.29, 1.82) is 0 Å². The second-order valence-corrected chi connectivity index (χ2v) is 6.73. The molecule has 1 saturated carbocycles. The topological polar surface area (TPSA) is 37.3 Å². The van der Waals surface area contributed by atoms with Crippen molar-refractivity contribution in [3.63, 3.8) is 0 Å². The van der Waals surface area contributed by atoms with Crippen molar-refractivity contribution >= 4 is 33.9 Å². The molecule has 3 heteroatoms. The van der Waals surface area contributed by atoms with E-state index in [0.29, 0.717) is 11.3 Å². The Kier molecular flexibility index (Phi) is 3.41. The molecule has 19 heavy (non-hydrogen) atoms. The summed E-state index contributed by atoms with van der Waals surface area (Å²) in [5.41, 5.74) is 2.71. The average molecular weight is 368 g/mol. The monoisotopic (exact) mass is 368 g/mol. The van der Waals surface area contributed by atoms with Crippen LogP contribution in [0.15, 0.2) is 24.0 Å². The Hall–Kier alpha value is -0.840. The molecule has 1 aromatic rings. The number of aliphatic hydroxyl groups is 1. The minimum Gasteiger partial charge on any atom is -0.511 e. The van der Waals surface area contributed by atoms with Crippen molar-refractivity contribution in [2.24, 2.45) is 11.8 Å². The third-order valence-corrected chi connectivity index (χ3v) is 5.09. The molecule has 3 rings (SSSR count). The Bertz CT molecular complexity index is 574. The van der Waals surface area contributed by atoms with Crippen LogP contribution in [0, 0.1) is 15.4 Å². The van der Waals surface area contributed by atoms with E-state index in [2.05, 4.69) is 41.6 Å². The molecule has 2 nitrogen and oxygen atoms in total. The number of fused-ring (bicyclic) bond motifs is 2. The predicted molar refractivity (Wildman–Crippen MR) is 83.9 cm³/mol. The average Bonchev–Trinajstić information content (AvgIpc) is 2.84. The van der Waals surface area contributed by atoms with Gasteiger partial charge in [0.25, 0.3) is 0 Å². The van der Waals surface area contributed by atoms with E-state index >= 15 is 0 Å². The molecule has 2 atom stereocenters. The van der Waals surface area contributed by atoms with Gasteiger partial charge in [-0.15, -0.1) is 0 Å². The second-order valence-electron chi connectivity index (χ2n) is 5.49. The first-order chi connectivity index (χ1) is 9.11. The molecule has 0 heterocycles. The van der Waals surface area contributed by atoms with Gasteiger partial charge in [0, 0.05) is 15.4 Å². The van der Waals surface area contributed by atoms with Crippen molar-refractivity contribution in [1.82, 2.24) is 0 Å². The number of hydrogen-bond acceptors (Lipinski definition) is 2. The zero-order chi connectivity index (χ0) is 13.6. The molecule has 2 aliphatic carbocycles. The molecule has 0 amide bonds. The summed E-state index contributed by atoms with van der Waals surface area (Å²) in [5, 5.41) is 10.4. The third kappa shape index (κ3) is 2.12. The normalized spacial score (nSPS) is 26.1.